The van der Waals surface area contributed by atoms with Crippen LogP contribution in [0.3, 0.4) is 0 Å². The van der Waals surface area contributed by atoms with Crippen LogP contribution in [-0.2, 0) is 28.9 Å². The van der Waals surface area contributed by atoms with Crippen LogP contribution < -0.4 is 20.8 Å². The summed E-state index contributed by atoms with van der Waals surface area (Å²) in [6.45, 7) is -0.431. The highest BCUT2D eigenvalue weighted by Gasteiger charge is 2.19. The second-order valence-corrected chi connectivity index (χ2v) is 8.69. The van der Waals surface area contributed by atoms with E-state index in [1.54, 1.807) is 24.4 Å². The van der Waals surface area contributed by atoms with E-state index in [-0.39, 0.29) is 17.8 Å². The smallest absolute Gasteiger partial charge is 0.339 e. The van der Waals surface area contributed by atoms with Crippen molar-refractivity contribution in [2.45, 2.75) is 38.1 Å². The van der Waals surface area contributed by atoms with Gasteiger partial charge in [0, 0.05) is 40.5 Å². The van der Waals surface area contributed by atoms with Crippen LogP contribution >= 0.6 is 0 Å². The van der Waals surface area contributed by atoms with Gasteiger partial charge in [-0.15, -0.1) is 0 Å². The topological polar surface area (TPSA) is 145 Å². The molecular formula is C26H23N2O7-. The Bertz CT molecular complexity index is 1500. The number of phenols is 1. The largest absolute Gasteiger partial charge is 0.548 e. The molecule has 2 aromatic carbocycles. The first-order chi connectivity index (χ1) is 16.9. The molecule has 0 aliphatic heterocycles. The van der Waals surface area contributed by atoms with Gasteiger partial charge in [-0.25, -0.2) is 4.79 Å². The molecule has 0 fully saturated rings. The maximum atomic E-state index is 12.4. The monoisotopic (exact) mass is 475 g/mol. The van der Waals surface area contributed by atoms with E-state index in [4.69, 9.17) is 9.15 Å². The van der Waals surface area contributed by atoms with Crippen molar-refractivity contribution in [3.8, 4) is 11.5 Å². The van der Waals surface area contributed by atoms with Gasteiger partial charge in [0.2, 0.25) is 0 Å². The Kier molecular flexibility index (Phi) is 5.90. The molecule has 5 rings (SSSR count). The van der Waals surface area contributed by atoms with Gasteiger partial charge in [0.15, 0.2) is 6.61 Å². The summed E-state index contributed by atoms with van der Waals surface area (Å²) in [4.78, 5) is 39.4. The molecule has 1 aliphatic rings. The minimum Gasteiger partial charge on any atom is -0.548 e. The lowest BCUT2D eigenvalue weighted by Crippen LogP contribution is -2.50. The number of carbonyl (C=O) groups is 2. The van der Waals surface area contributed by atoms with Gasteiger partial charge in [0.25, 0.3) is 5.91 Å². The van der Waals surface area contributed by atoms with Crippen molar-refractivity contribution in [1.29, 1.82) is 0 Å². The molecule has 0 bridgehead atoms. The summed E-state index contributed by atoms with van der Waals surface area (Å²) in [6.07, 6.45) is 5.11. The average molecular weight is 475 g/mol. The quantitative estimate of drug-likeness (QED) is 0.345. The lowest BCUT2D eigenvalue weighted by atomic mass is 9.91. The van der Waals surface area contributed by atoms with E-state index < -0.39 is 24.5 Å². The number of amides is 1. The summed E-state index contributed by atoms with van der Waals surface area (Å²) in [7, 11) is 0. The van der Waals surface area contributed by atoms with E-state index >= 15 is 0 Å². The van der Waals surface area contributed by atoms with Gasteiger partial charge in [-0.1, -0.05) is 0 Å². The number of carboxylic acids is 1. The number of aromatic amines is 1. The third kappa shape index (κ3) is 4.57. The fourth-order valence-corrected chi connectivity index (χ4v) is 4.65. The molecule has 9 nitrogen and oxygen atoms in total. The summed E-state index contributed by atoms with van der Waals surface area (Å²) in [6, 6.07) is 8.49. The SMILES string of the molecule is O=C(COc1ccc2c3c(c(=O)oc2c1)CCCC3)N[C@@H](Cc1c[nH]c2ccc(O)cc12)C(=O)[O-]. The lowest BCUT2D eigenvalue weighted by Gasteiger charge is -2.20. The number of phenolic OH excluding ortho intramolecular Hbond substituents is 1. The third-order valence-corrected chi connectivity index (χ3v) is 6.36. The van der Waals surface area contributed by atoms with E-state index in [0.717, 1.165) is 41.3 Å². The van der Waals surface area contributed by atoms with Crippen LogP contribution in [-0.4, -0.2) is 34.6 Å². The first-order valence-corrected chi connectivity index (χ1v) is 11.4. The molecule has 9 heteroatoms. The highest BCUT2D eigenvalue weighted by Crippen LogP contribution is 2.29. The van der Waals surface area contributed by atoms with Gasteiger partial charge in [-0.3, -0.25) is 4.79 Å². The molecule has 180 valence electrons. The molecule has 3 N–H and O–H groups in total. The van der Waals surface area contributed by atoms with Crippen molar-refractivity contribution in [3.63, 3.8) is 0 Å². The first-order valence-electron chi connectivity index (χ1n) is 11.4. The number of aliphatic carboxylic acids is 1. The van der Waals surface area contributed by atoms with Crippen LogP contribution in [0, 0.1) is 0 Å². The molecule has 4 aromatic rings. The zero-order valence-electron chi connectivity index (χ0n) is 18.8. The van der Waals surface area contributed by atoms with Crippen molar-refractivity contribution in [1.82, 2.24) is 10.3 Å². The standard InChI is InChI=1S/C26H24N2O7/c29-15-5-8-21-20(10-15)14(12-27-21)9-22(25(31)32)28-24(30)13-34-16-6-7-18-17-3-1-2-4-19(17)26(33)35-23(18)11-16/h5-8,10-12,22,27,29H,1-4,9,13H2,(H,28,30)(H,31,32)/p-1/t22-/m0/s1. The third-order valence-electron chi connectivity index (χ3n) is 6.36. The molecule has 2 aromatic heterocycles. The molecule has 0 unspecified atom stereocenters. The fourth-order valence-electron chi connectivity index (χ4n) is 4.65. The van der Waals surface area contributed by atoms with Gasteiger partial charge in [-0.2, -0.15) is 0 Å². The molecular weight excluding hydrogens is 452 g/mol. The Morgan fingerprint density at radius 1 is 1.11 bits per heavy atom. The van der Waals surface area contributed by atoms with Crippen molar-refractivity contribution in [2.24, 2.45) is 0 Å². The van der Waals surface area contributed by atoms with E-state index in [1.165, 1.54) is 12.1 Å². The number of fused-ring (bicyclic) bond motifs is 4. The summed E-state index contributed by atoms with van der Waals surface area (Å²) in [5.41, 5.74) is 3.13. The number of aromatic hydroxyl groups is 1. The number of benzene rings is 2. The Hall–Kier alpha value is -4.27. The summed E-state index contributed by atoms with van der Waals surface area (Å²) in [5.74, 6) is -1.71. The van der Waals surface area contributed by atoms with Gasteiger partial charge < -0.3 is 34.5 Å². The van der Waals surface area contributed by atoms with Crippen LogP contribution in [0.1, 0.15) is 29.5 Å². The van der Waals surface area contributed by atoms with E-state index in [0.29, 0.717) is 28.7 Å². The Balaban J connectivity index is 1.27. The van der Waals surface area contributed by atoms with E-state index in [2.05, 4.69) is 10.3 Å². The second-order valence-electron chi connectivity index (χ2n) is 8.69. The Labute approximate surface area is 199 Å². The number of hydrogen-bond acceptors (Lipinski definition) is 7. The molecule has 0 spiro atoms. The molecule has 0 saturated heterocycles. The molecule has 2 heterocycles. The van der Waals surface area contributed by atoms with Crippen LogP contribution in [0.4, 0.5) is 0 Å². The Morgan fingerprint density at radius 2 is 1.91 bits per heavy atom. The first kappa shape index (κ1) is 22.5. The molecule has 1 aliphatic carbocycles. The summed E-state index contributed by atoms with van der Waals surface area (Å²) >= 11 is 0. The van der Waals surface area contributed by atoms with Crippen molar-refractivity contribution in [3.05, 3.63) is 69.7 Å². The number of carboxylic acid groups (broad SMARTS) is 1. The van der Waals surface area contributed by atoms with Gasteiger partial charge in [-0.05, 0) is 67.1 Å². The molecule has 35 heavy (non-hydrogen) atoms. The normalized spacial score (nSPS) is 13.9. The number of nitrogens with one attached hydrogen (secondary N) is 2. The number of hydrogen-bond donors (Lipinski definition) is 3. The Morgan fingerprint density at radius 3 is 2.71 bits per heavy atom. The number of rotatable bonds is 7. The van der Waals surface area contributed by atoms with Gasteiger partial charge in [0.1, 0.15) is 17.1 Å². The summed E-state index contributed by atoms with van der Waals surface area (Å²) < 4.78 is 11.0. The molecule has 0 radical (unpaired) electrons. The van der Waals surface area contributed by atoms with Crippen molar-refractivity contribution < 1.29 is 29.0 Å². The molecule has 1 atom stereocenters. The summed E-state index contributed by atoms with van der Waals surface area (Å²) in [5, 5.41) is 25.3. The minimum atomic E-state index is -1.44. The number of ether oxygens (including phenoxy) is 1. The molecule has 1 amide bonds. The number of aromatic nitrogens is 1. The lowest BCUT2D eigenvalue weighted by molar-refractivity contribution is -0.308. The van der Waals surface area contributed by atoms with Crippen molar-refractivity contribution >= 4 is 33.7 Å². The zero-order chi connectivity index (χ0) is 24.5. The maximum absolute atomic E-state index is 12.4. The molecule has 0 saturated carbocycles. The number of aryl methyl sites for hydroxylation is 1. The maximum Gasteiger partial charge on any atom is 0.339 e. The van der Waals surface area contributed by atoms with Crippen LogP contribution in [0.25, 0.3) is 21.9 Å². The van der Waals surface area contributed by atoms with Gasteiger partial charge in [0.05, 0.1) is 12.0 Å². The average Bonchev–Trinajstić information content (AvgIpc) is 3.24. The number of carbonyl (C=O) groups excluding carboxylic acids is 2. The second kappa shape index (κ2) is 9.17. The fraction of sp³-hybridized carbons (Fsp3) is 0.269. The van der Waals surface area contributed by atoms with E-state index in [1.807, 2.05) is 6.07 Å². The van der Waals surface area contributed by atoms with E-state index in [9.17, 15) is 24.6 Å². The van der Waals surface area contributed by atoms with Crippen LogP contribution in [0.5, 0.6) is 11.5 Å². The highest BCUT2D eigenvalue weighted by atomic mass is 16.5. The predicted molar refractivity (Wildman–Crippen MR) is 125 cm³/mol. The van der Waals surface area contributed by atoms with Crippen molar-refractivity contribution in [2.75, 3.05) is 6.61 Å². The predicted octanol–water partition coefficient (Wildman–Crippen LogP) is 1.71. The minimum absolute atomic E-state index is 0.0379. The van der Waals surface area contributed by atoms with Crippen LogP contribution in [0.15, 0.2) is 51.8 Å². The van der Waals surface area contributed by atoms with Crippen LogP contribution in [0.2, 0.25) is 0 Å². The highest BCUT2D eigenvalue weighted by molar-refractivity contribution is 5.87. The zero-order valence-corrected chi connectivity index (χ0v) is 18.8. The van der Waals surface area contributed by atoms with Gasteiger partial charge >= 0.3 is 5.63 Å². The number of H-pyrrole nitrogens is 1.